The average molecular weight is 487 g/mol. The number of anilines is 1. The van der Waals surface area contributed by atoms with Crippen LogP contribution in [0.2, 0.25) is 0 Å². The predicted octanol–water partition coefficient (Wildman–Crippen LogP) is 3.13. The molecule has 174 valence electrons. The van der Waals surface area contributed by atoms with Gasteiger partial charge in [-0.3, -0.25) is 4.79 Å². The highest BCUT2D eigenvalue weighted by Gasteiger charge is 2.31. The van der Waals surface area contributed by atoms with E-state index < -0.39 is 10.0 Å². The summed E-state index contributed by atoms with van der Waals surface area (Å²) in [5.41, 5.74) is 1.02. The summed E-state index contributed by atoms with van der Waals surface area (Å²) in [5.74, 6) is 0.301. The third-order valence-corrected chi connectivity index (χ3v) is 9.44. The molecule has 0 spiro atoms. The summed E-state index contributed by atoms with van der Waals surface area (Å²) in [6, 6.07) is 12.7. The first-order valence-corrected chi connectivity index (χ1v) is 13.5. The highest BCUT2D eigenvalue weighted by atomic mass is 32.2. The second kappa shape index (κ2) is 9.28. The van der Waals surface area contributed by atoms with Crippen molar-refractivity contribution in [3.05, 3.63) is 64.4 Å². The highest BCUT2D eigenvalue weighted by molar-refractivity contribution is 7.91. The van der Waals surface area contributed by atoms with Gasteiger partial charge in [-0.15, -0.1) is 11.3 Å². The van der Waals surface area contributed by atoms with Crippen molar-refractivity contribution in [3.8, 4) is 11.4 Å². The van der Waals surface area contributed by atoms with E-state index in [1.807, 2.05) is 35.2 Å². The van der Waals surface area contributed by atoms with E-state index in [1.165, 1.54) is 20.3 Å². The monoisotopic (exact) mass is 486 g/mol. The van der Waals surface area contributed by atoms with Gasteiger partial charge < -0.3 is 9.64 Å². The first kappa shape index (κ1) is 22.1. The molecule has 5 rings (SSSR count). The van der Waals surface area contributed by atoms with Crippen molar-refractivity contribution in [2.24, 2.45) is 0 Å². The molecule has 2 fully saturated rings. The van der Waals surface area contributed by atoms with Crippen LogP contribution in [0.1, 0.15) is 25.7 Å². The van der Waals surface area contributed by atoms with Gasteiger partial charge in [0.1, 0.15) is 9.90 Å². The highest BCUT2D eigenvalue weighted by Crippen LogP contribution is 2.31. The SMILES string of the molecule is O=c1c(OC2CCCC2)c(N2CCN(S(=O)(=O)c3cccs3)CC2)cnn1-c1ccccc1. The van der Waals surface area contributed by atoms with Crippen LogP contribution in [0.5, 0.6) is 5.75 Å². The number of rotatable bonds is 6. The number of benzene rings is 1. The molecule has 1 saturated carbocycles. The van der Waals surface area contributed by atoms with E-state index in [9.17, 15) is 13.2 Å². The van der Waals surface area contributed by atoms with Crippen LogP contribution in [0, 0.1) is 0 Å². The predicted molar refractivity (Wildman–Crippen MR) is 128 cm³/mol. The van der Waals surface area contributed by atoms with E-state index in [2.05, 4.69) is 5.10 Å². The zero-order chi connectivity index (χ0) is 22.8. The van der Waals surface area contributed by atoms with Crippen molar-refractivity contribution in [2.75, 3.05) is 31.1 Å². The van der Waals surface area contributed by atoms with Crippen molar-refractivity contribution in [3.63, 3.8) is 0 Å². The number of sulfonamides is 1. The molecule has 0 amide bonds. The fraction of sp³-hybridized carbons (Fsp3) is 0.391. The zero-order valence-electron chi connectivity index (χ0n) is 18.2. The molecule has 0 bridgehead atoms. The second-order valence-corrected chi connectivity index (χ2v) is 11.4. The lowest BCUT2D eigenvalue weighted by Gasteiger charge is -2.35. The molecular formula is C23H26N4O4S2. The van der Waals surface area contributed by atoms with Gasteiger partial charge in [0.05, 0.1) is 18.0 Å². The van der Waals surface area contributed by atoms with Gasteiger partial charge in [-0.1, -0.05) is 24.3 Å². The molecule has 33 heavy (non-hydrogen) atoms. The minimum Gasteiger partial charge on any atom is -0.483 e. The van der Waals surface area contributed by atoms with Crippen LogP contribution in [0.4, 0.5) is 5.69 Å². The Balaban J connectivity index is 1.43. The molecule has 1 aliphatic heterocycles. The Hall–Kier alpha value is -2.69. The van der Waals surface area contributed by atoms with E-state index in [0.717, 1.165) is 25.7 Å². The van der Waals surface area contributed by atoms with Crippen molar-refractivity contribution in [1.29, 1.82) is 0 Å². The summed E-state index contributed by atoms with van der Waals surface area (Å²) in [4.78, 5) is 15.5. The maximum absolute atomic E-state index is 13.4. The fourth-order valence-corrected chi connectivity index (χ4v) is 6.96. The molecule has 0 N–H and O–H groups in total. The van der Waals surface area contributed by atoms with Gasteiger partial charge >= 0.3 is 5.56 Å². The van der Waals surface area contributed by atoms with Gasteiger partial charge in [-0.05, 0) is 49.3 Å². The molecular weight excluding hydrogens is 460 g/mol. The number of piperazine rings is 1. The largest absolute Gasteiger partial charge is 0.483 e. The first-order chi connectivity index (χ1) is 16.0. The molecule has 10 heteroatoms. The Morgan fingerprint density at radius 1 is 0.970 bits per heavy atom. The molecule has 2 aliphatic rings. The van der Waals surface area contributed by atoms with Crippen LogP contribution in [0.25, 0.3) is 5.69 Å². The Labute approximate surface area is 197 Å². The lowest BCUT2D eigenvalue weighted by molar-refractivity contribution is 0.205. The van der Waals surface area contributed by atoms with Gasteiger partial charge in [0, 0.05) is 26.2 Å². The number of thiophene rings is 1. The van der Waals surface area contributed by atoms with Crippen molar-refractivity contribution in [1.82, 2.24) is 14.1 Å². The lowest BCUT2D eigenvalue weighted by atomic mass is 10.2. The van der Waals surface area contributed by atoms with E-state index >= 15 is 0 Å². The molecule has 1 aliphatic carbocycles. The normalized spacial score (nSPS) is 18.0. The van der Waals surface area contributed by atoms with E-state index in [0.29, 0.717) is 47.5 Å². The lowest BCUT2D eigenvalue weighted by Crippen LogP contribution is -2.49. The summed E-state index contributed by atoms with van der Waals surface area (Å²) in [6.07, 6.45) is 5.73. The number of para-hydroxylation sites is 1. The third kappa shape index (κ3) is 4.42. The molecule has 8 nitrogen and oxygen atoms in total. The van der Waals surface area contributed by atoms with E-state index in [4.69, 9.17) is 4.74 Å². The Morgan fingerprint density at radius 3 is 2.36 bits per heavy atom. The Bertz CT molecular complexity index is 1250. The van der Waals surface area contributed by atoms with Gasteiger partial charge in [-0.2, -0.15) is 14.1 Å². The quantitative estimate of drug-likeness (QED) is 0.532. The van der Waals surface area contributed by atoms with Gasteiger partial charge in [-0.25, -0.2) is 8.42 Å². The van der Waals surface area contributed by atoms with Gasteiger partial charge in [0.2, 0.25) is 5.75 Å². The molecule has 1 saturated heterocycles. The number of ether oxygens (including phenoxy) is 1. The van der Waals surface area contributed by atoms with Crippen molar-refractivity contribution in [2.45, 2.75) is 36.0 Å². The first-order valence-electron chi connectivity index (χ1n) is 11.2. The molecule has 0 radical (unpaired) electrons. The molecule has 3 heterocycles. The second-order valence-electron chi connectivity index (χ2n) is 8.26. The number of hydrogen-bond donors (Lipinski definition) is 0. The molecule has 0 atom stereocenters. The van der Waals surface area contributed by atoms with Gasteiger partial charge in [0.25, 0.3) is 10.0 Å². The third-order valence-electron chi connectivity index (χ3n) is 6.17. The van der Waals surface area contributed by atoms with E-state index in [-0.39, 0.29) is 11.7 Å². The molecule has 0 unspecified atom stereocenters. The van der Waals surface area contributed by atoms with Crippen LogP contribution in [0.3, 0.4) is 0 Å². The van der Waals surface area contributed by atoms with Crippen LogP contribution in [-0.4, -0.2) is 54.8 Å². The minimum absolute atomic E-state index is 0.0172. The van der Waals surface area contributed by atoms with Gasteiger partial charge in [0.15, 0.2) is 0 Å². The fourth-order valence-electron chi connectivity index (χ4n) is 4.40. The molecule has 1 aromatic carbocycles. The number of nitrogens with zero attached hydrogens (tertiary/aromatic N) is 4. The van der Waals surface area contributed by atoms with Crippen LogP contribution in [0.15, 0.2) is 63.0 Å². The number of aromatic nitrogens is 2. The average Bonchev–Trinajstić information content (AvgIpc) is 3.56. The molecule has 2 aromatic heterocycles. The Morgan fingerprint density at radius 2 is 1.70 bits per heavy atom. The molecule has 3 aromatic rings. The summed E-state index contributed by atoms with van der Waals surface area (Å²) < 4.78 is 35.2. The van der Waals surface area contributed by atoms with Crippen LogP contribution < -0.4 is 15.2 Å². The number of hydrogen-bond acceptors (Lipinski definition) is 7. The summed E-state index contributed by atoms with van der Waals surface area (Å²) >= 11 is 1.22. The Kier molecular flexibility index (Phi) is 6.22. The van der Waals surface area contributed by atoms with Crippen molar-refractivity contribution < 1.29 is 13.2 Å². The topological polar surface area (TPSA) is 84.7 Å². The van der Waals surface area contributed by atoms with Crippen molar-refractivity contribution >= 4 is 27.0 Å². The van der Waals surface area contributed by atoms with Crippen LogP contribution >= 0.6 is 11.3 Å². The maximum atomic E-state index is 13.4. The smallest absolute Gasteiger partial charge is 0.316 e. The minimum atomic E-state index is -3.49. The summed E-state index contributed by atoms with van der Waals surface area (Å²) in [6.45, 7) is 1.60. The summed E-state index contributed by atoms with van der Waals surface area (Å²) in [5, 5.41) is 6.19. The zero-order valence-corrected chi connectivity index (χ0v) is 19.8. The van der Waals surface area contributed by atoms with Crippen LogP contribution in [-0.2, 0) is 10.0 Å². The maximum Gasteiger partial charge on any atom is 0.316 e. The summed E-state index contributed by atoms with van der Waals surface area (Å²) in [7, 11) is -3.49. The van der Waals surface area contributed by atoms with E-state index in [1.54, 1.807) is 23.7 Å². The standard InChI is InChI=1S/C23H26N4O4S2/c28-23-22(31-19-9-4-5-10-19)20(17-24-27(23)18-7-2-1-3-8-18)25-12-14-26(15-13-25)33(29,30)21-11-6-16-32-21/h1-3,6-8,11,16-17,19H,4-5,9-10,12-15H2.